The summed E-state index contributed by atoms with van der Waals surface area (Å²) in [4.78, 5) is 35.5. The van der Waals surface area contributed by atoms with Crippen LogP contribution >= 0.6 is 11.6 Å². The quantitative estimate of drug-likeness (QED) is 0.508. The Bertz CT molecular complexity index is 639. The third-order valence-electron chi connectivity index (χ3n) is 2.77. The minimum Gasteiger partial charge on any atom is -0.465 e. The number of H-pyrrole nitrogens is 1. The second-order valence-electron chi connectivity index (χ2n) is 4.16. The molecule has 1 aromatic rings. The summed E-state index contributed by atoms with van der Waals surface area (Å²) in [5.41, 5.74) is -0.411. The maximum atomic E-state index is 11.8. The number of hydrogen-bond acceptors (Lipinski definition) is 7. The highest BCUT2D eigenvalue weighted by atomic mass is 35.5. The number of nitrogens with one attached hydrogen (secondary N) is 1. The summed E-state index contributed by atoms with van der Waals surface area (Å²) in [5, 5.41) is 19.7. The first-order chi connectivity index (χ1) is 10.5. The van der Waals surface area contributed by atoms with Crippen molar-refractivity contribution in [1.29, 1.82) is 0 Å². The topological polar surface area (TPSA) is 131 Å². The second-order valence-corrected chi connectivity index (χ2v) is 4.41. The summed E-state index contributed by atoms with van der Waals surface area (Å²) in [5.74, 6) is 0. The maximum Gasteiger partial charge on any atom is 0.330 e. The highest BCUT2D eigenvalue weighted by Crippen LogP contribution is 2.14. The molecule has 0 saturated heterocycles. The lowest BCUT2D eigenvalue weighted by Gasteiger charge is -2.26. The first-order valence-electron chi connectivity index (χ1n) is 6.02. The van der Waals surface area contributed by atoms with E-state index < -0.39 is 36.3 Å². The first-order valence-corrected chi connectivity index (χ1v) is 6.46. The van der Waals surface area contributed by atoms with E-state index in [9.17, 15) is 24.6 Å². The van der Waals surface area contributed by atoms with Gasteiger partial charge in [0.1, 0.15) is 18.8 Å². The third-order valence-corrected chi connectivity index (χ3v) is 2.90. The number of carbonyl (C=O) groups is 1. The number of aromatic amines is 1. The molecule has 0 amide bonds. The van der Waals surface area contributed by atoms with Crippen LogP contribution in [0.25, 0.3) is 6.08 Å². The van der Waals surface area contributed by atoms with E-state index in [2.05, 4.69) is 4.74 Å². The normalized spacial score (nSPS) is 15.5. The average molecular weight is 335 g/mol. The van der Waals surface area contributed by atoms with Crippen molar-refractivity contribution < 1.29 is 24.5 Å². The van der Waals surface area contributed by atoms with Crippen molar-refractivity contribution in [2.24, 2.45) is 0 Å². The van der Waals surface area contributed by atoms with Gasteiger partial charge < -0.3 is 19.7 Å². The van der Waals surface area contributed by atoms with E-state index in [1.807, 2.05) is 4.98 Å². The number of ether oxygens (including phenoxy) is 2. The number of hydrogen-bond donors (Lipinski definition) is 3. The fraction of sp³-hybridized carbons (Fsp3) is 0.417. The van der Waals surface area contributed by atoms with Crippen LogP contribution in [-0.2, 0) is 14.3 Å². The molecule has 0 fully saturated rings. The number of aliphatic hydroxyl groups excluding tert-OH is 2. The van der Waals surface area contributed by atoms with Crippen molar-refractivity contribution in [3.63, 3.8) is 0 Å². The Morgan fingerprint density at radius 1 is 1.45 bits per heavy atom. The highest BCUT2D eigenvalue weighted by Gasteiger charge is 2.29. The molecule has 3 atom stereocenters. The summed E-state index contributed by atoms with van der Waals surface area (Å²) in [6, 6.07) is 0. The van der Waals surface area contributed by atoms with Gasteiger partial charge in [0.15, 0.2) is 6.23 Å². The van der Waals surface area contributed by atoms with E-state index >= 15 is 0 Å². The summed E-state index contributed by atoms with van der Waals surface area (Å²) >= 11 is 5.39. The Morgan fingerprint density at radius 2 is 2.14 bits per heavy atom. The minimum absolute atomic E-state index is 0.0440. The van der Waals surface area contributed by atoms with Gasteiger partial charge in [-0.1, -0.05) is 11.6 Å². The van der Waals surface area contributed by atoms with Gasteiger partial charge in [0.25, 0.3) is 12.0 Å². The summed E-state index contributed by atoms with van der Waals surface area (Å²) in [7, 11) is 1.19. The number of methoxy groups -OCH3 is 1. The molecule has 0 aliphatic rings. The molecule has 0 aliphatic heterocycles. The van der Waals surface area contributed by atoms with Crippen LogP contribution in [-0.4, -0.2) is 52.2 Å². The fourth-order valence-electron chi connectivity index (χ4n) is 1.72. The van der Waals surface area contributed by atoms with Crippen LogP contribution in [0.4, 0.5) is 0 Å². The Hall–Kier alpha value is -1.94. The molecule has 0 aromatic carbocycles. The number of carbonyl (C=O) groups excluding carboxylic acids is 1. The van der Waals surface area contributed by atoms with Gasteiger partial charge >= 0.3 is 5.69 Å². The molecule has 0 bridgehead atoms. The van der Waals surface area contributed by atoms with E-state index in [-0.39, 0.29) is 12.0 Å². The molecule has 3 unspecified atom stereocenters. The van der Waals surface area contributed by atoms with Crippen LogP contribution in [0.5, 0.6) is 0 Å². The van der Waals surface area contributed by atoms with Gasteiger partial charge in [0.05, 0.1) is 5.56 Å². The lowest BCUT2D eigenvalue weighted by molar-refractivity contribution is -0.144. The van der Waals surface area contributed by atoms with Gasteiger partial charge in [-0.2, -0.15) is 0 Å². The van der Waals surface area contributed by atoms with Crippen molar-refractivity contribution in [1.82, 2.24) is 9.55 Å². The molecule has 10 heteroatoms. The Labute approximate surface area is 129 Å². The predicted octanol–water partition coefficient (Wildman–Crippen LogP) is -1.21. The fourth-order valence-corrected chi connectivity index (χ4v) is 1.86. The SMILES string of the molecule is COC(C(O)C(O)COC=O)n1cc(/C=C/Cl)c(=O)[nH]c1=O. The van der Waals surface area contributed by atoms with E-state index in [0.29, 0.717) is 0 Å². The molecule has 0 spiro atoms. The number of rotatable bonds is 8. The third kappa shape index (κ3) is 4.28. The van der Waals surface area contributed by atoms with Gasteiger partial charge in [-0.25, -0.2) is 4.79 Å². The van der Waals surface area contributed by atoms with Crippen molar-refractivity contribution in [2.75, 3.05) is 13.7 Å². The van der Waals surface area contributed by atoms with Gasteiger partial charge in [0, 0.05) is 18.8 Å². The summed E-state index contributed by atoms with van der Waals surface area (Å²) < 4.78 is 10.2. The molecule has 9 nitrogen and oxygen atoms in total. The molecule has 1 aromatic heterocycles. The van der Waals surface area contributed by atoms with Crippen LogP contribution in [0.3, 0.4) is 0 Å². The van der Waals surface area contributed by atoms with Crippen molar-refractivity contribution >= 4 is 24.1 Å². The zero-order valence-electron chi connectivity index (χ0n) is 11.5. The minimum atomic E-state index is -1.60. The Morgan fingerprint density at radius 3 is 2.68 bits per heavy atom. The molecular formula is C12H15ClN2O7. The molecular weight excluding hydrogens is 320 g/mol. The molecule has 0 aliphatic carbocycles. The second kappa shape index (κ2) is 8.49. The molecule has 22 heavy (non-hydrogen) atoms. The van der Waals surface area contributed by atoms with Crippen LogP contribution in [0.1, 0.15) is 11.8 Å². The number of aromatic nitrogens is 2. The average Bonchev–Trinajstić information content (AvgIpc) is 2.49. The summed E-state index contributed by atoms with van der Waals surface area (Å²) in [6.07, 6.45) is -2.06. The van der Waals surface area contributed by atoms with Crippen molar-refractivity contribution in [3.05, 3.63) is 38.1 Å². The van der Waals surface area contributed by atoms with Gasteiger partial charge in [0.2, 0.25) is 0 Å². The predicted molar refractivity (Wildman–Crippen MR) is 76.3 cm³/mol. The number of halogens is 1. The van der Waals surface area contributed by atoms with E-state index in [0.717, 1.165) is 16.3 Å². The highest BCUT2D eigenvalue weighted by molar-refractivity contribution is 6.27. The van der Waals surface area contributed by atoms with Crippen molar-refractivity contribution in [2.45, 2.75) is 18.4 Å². The maximum absolute atomic E-state index is 11.8. The van der Waals surface area contributed by atoms with Crippen LogP contribution in [0.2, 0.25) is 0 Å². The Balaban J connectivity index is 3.19. The molecule has 122 valence electrons. The van der Waals surface area contributed by atoms with Gasteiger partial charge in [-0.15, -0.1) is 0 Å². The van der Waals surface area contributed by atoms with E-state index in [4.69, 9.17) is 16.3 Å². The van der Waals surface area contributed by atoms with Crippen molar-refractivity contribution in [3.8, 4) is 0 Å². The van der Waals surface area contributed by atoms with Gasteiger partial charge in [-0.3, -0.25) is 19.1 Å². The van der Waals surface area contributed by atoms with Gasteiger partial charge in [-0.05, 0) is 6.08 Å². The van der Waals surface area contributed by atoms with Crippen LogP contribution in [0.15, 0.2) is 21.3 Å². The standard InChI is InChI=1S/C12H15ClN2O7/c1-21-11(9(18)8(17)5-22-6-16)15-4-7(2-3-13)10(19)14-12(15)20/h2-4,6,8-9,11,17-18H,5H2,1H3,(H,14,19,20)/b3-2+. The Kier molecular flexibility index (Phi) is 6.99. The monoisotopic (exact) mass is 334 g/mol. The smallest absolute Gasteiger partial charge is 0.330 e. The largest absolute Gasteiger partial charge is 0.465 e. The first kappa shape index (κ1) is 18.1. The molecule has 0 radical (unpaired) electrons. The van der Waals surface area contributed by atoms with E-state index in [1.54, 1.807) is 0 Å². The van der Waals surface area contributed by atoms with E-state index in [1.165, 1.54) is 13.2 Å². The number of aliphatic hydroxyl groups is 2. The van der Waals surface area contributed by atoms with Crippen LogP contribution < -0.4 is 11.2 Å². The lowest BCUT2D eigenvalue weighted by atomic mass is 10.2. The summed E-state index contributed by atoms with van der Waals surface area (Å²) in [6.45, 7) is -0.385. The lowest BCUT2D eigenvalue weighted by Crippen LogP contribution is -2.44. The zero-order chi connectivity index (χ0) is 16.7. The molecule has 3 N–H and O–H groups in total. The molecule has 1 rings (SSSR count). The zero-order valence-corrected chi connectivity index (χ0v) is 12.3. The molecule has 0 saturated carbocycles. The van der Waals surface area contributed by atoms with Crippen LogP contribution in [0, 0.1) is 0 Å². The number of nitrogens with zero attached hydrogens (tertiary/aromatic N) is 1. The molecule has 1 heterocycles.